The molecule has 0 amide bonds. The molecular formula is C11H27N3S. The molecule has 3 N–H and O–H groups in total. The van der Waals surface area contributed by atoms with Crippen LogP contribution in [0.2, 0.25) is 0 Å². The molecule has 92 valence electrons. The Balaban J connectivity index is 3.70. The minimum atomic E-state index is 0.0205. The molecular weight excluding hydrogens is 206 g/mol. The molecule has 0 bridgehead atoms. The van der Waals surface area contributed by atoms with E-state index < -0.39 is 0 Å². The first-order valence-corrected chi connectivity index (χ1v) is 6.26. The van der Waals surface area contributed by atoms with Gasteiger partial charge in [0.1, 0.15) is 0 Å². The molecule has 3 nitrogen and oxygen atoms in total. The van der Waals surface area contributed by atoms with Gasteiger partial charge in [-0.2, -0.15) is 12.6 Å². The summed E-state index contributed by atoms with van der Waals surface area (Å²) in [6.45, 7) is 2.26. The first-order valence-electron chi connectivity index (χ1n) is 5.74. The van der Waals surface area contributed by atoms with E-state index in [1.165, 1.54) is 12.8 Å². The molecule has 0 aromatic rings. The zero-order valence-electron chi connectivity index (χ0n) is 10.5. The van der Waals surface area contributed by atoms with Gasteiger partial charge in [-0.15, -0.1) is 0 Å². The van der Waals surface area contributed by atoms with Crippen molar-refractivity contribution < 1.29 is 0 Å². The highest BCUT2D eigenvalue weighted by molar-refractivity contribution is 7.80. The van der Waals surface area contributed by atoms with Crippen LogP contribution in [0.3, 0.4) is 0 Å². The normalized spacial score (nSPS) is 17.8. The zero-order chi connectivity index (χ0) is 11.8. The highest BCUT2D eigenvalue weighted by atomic mass is 32.1. The summed E-state index contributed by atoms with van der Waals surface area (Å²) in [6.07, 6.45) is 4.52. The number of nitrogens with two attached hydrogens (primary N) is 1. The molecule has 0 aromatic carbocycles. The third-order valence-corrected chi connectivity index (χ3v) is 3.29. The van der Waals surface area contributed by atoms with E-state index >= 15 is 0 Å². The van der Waals surface area contributed by atoms with Crippen molar-refractivity contribution in [2.45, 2.75) is 50.1 Å². The van der Waals surface area contributed by atoms with Crippen LogP contribution in [-0.2, 0) is 0 Å². The van der Waals surface area contributed by atoms with Crippen LogP contribution in [0.5, 0.6) is 0 Å². The van der Waals surface area contributed by atoms with Gasteiger partial charge in [0.15, 0.2) is 0 Å². The van der Waals surface area contributed by atoms with Crippen molar-refractivity contribution >= 4 is 12.6 Å². The molecule has 0 saturated heterocycles. The minimum absolute atomic E-state index is 0.0205. The summed E-state index contributed by atoms with van der Waals surface area (Å²) < 4.78 is 0. The summed E-state index contributed by atoms with van der Waals surface area (Å²) in [5.74, 6) is 0. The Hall–Kier alpha value is 0.230. The van der Waals surface area contributed by atoms with E-state index in [0.717, 1.165) is 12.8 Å². The van der Waals surface area contributed by atoms with Gasteiger partial charge in [0.2, 0.25) is 0 Å². The zero-order valence-corrected chi connectivity index (χ0v) is 11.4. The van der Waals surface area contributed by atoms with Gasteiger partial charge in [0.05, 0.1) is 0 Å². The van der Waals surface area contributed by atoms with E-state index in [0.29, 0.717) is 12.1 Å². The van der Waals surface area contributed by atoms with Crippen LogP contribution >= 0.6 is 12.6 Å². The van der Waals surface area contributed by atoms with Crippen molar-refractivity contribution in [3.05, 3.63) is 0 Å². The predicted octanol–water partition coefficient (Wildman–Crippen LogP) is 1.30. The number of nitrogens with zero attached hydrogens (tertiary/aromatic N) is 1. The smallest absolute Gasteiger partial charge is 0.0477 e. The third-order valence-electron chi connectivity index (χ3n) is 3.03. The molecule has 0 spiro atoms. The molecule has 15 heavy (non-hydrogen) atoms. The Morgan fingerprint density at radius 2 is 1.73 bits per heavy atom. The van der Waals surface area contributed by atoms with E-state index in [1.54, 1.807) is 0 Å². The number of hydrogen-bond acceptors (Lipinski definition) is 4. The number of hydrogen-bond donors (Lipinski definition) is 3. The summed E-state index contributed by atoms with van der Waals surface area (Å²) in [4.78, 5) is 2.26. The Kier molecular flexibility index (Phi) is 8.52. The molecule has 0 saturated carbocycles. The predicted molar refractivity (Wildman–Crippen MR) is 71.4 cm³/mol. The highest BCUT2D eigenvalue weighted by Gasteiger charge is 2.11. The monoisotopic (exact) mass is 233 g/mol. The highest BCUT2D eigenvalue weighted by Crippen LogP contribution is 2.11. The first kappa shape index (κ1) is 15.2. The van der Waals surface area contributed by atoms with E-state index in [4.69, 9.17) is 5.73 Å². The molecule has 0 aliphatic rings. The fraction of sp³-hybridized carbons (Fsp3) is 1.00. The lowest BCUT2D eigenvalue weighted by Crippen LogP contribution is -2.31. The van der Waals surface area contributed by atoms with E-state index in [1.807, 2.05) is 7.05 Å². The van der Waals surface area contributed by atoms with Gasteiger partial charge in [-0.1, -0.05) is 0 Å². The SMILES string of the molecule is CNC(CCC(N)S)CCC(C)N(C)C. The lowest BCUT2D eigenvalue weighted by molar-refractivity contribution is 0.280. The van der Waals surface area contributed by atoms with Crippen LogP contribution < -0.4 is 11.1 Å². The molecule has 3 unspecified atom stereocenters. The Labute approximate surface area is 100 Å². The number of rotatable bonds is 8. The number of thiol groups is 1. The summed E-state index contributed by atoms with van der Waals surface area (Å²) in [7, 11) is 6.28. The van der Waals surface area contributed by atoms with Crippen LogP contribution in [0, 0.1) is 0 Å². The lowest BCUT2D eigenvalue weighted by Gasteiger charge is -2.23. The number of nitrogens with one attached hydrogen (secondary N) is 1. The molecule has 3 atom stereocenters. The van der Waals surface area contributed by atoms with E-state index in [-0.39, 0.29) is 5.37 Å². The van der Waals surface area contributed by atoms with Crippen LogP contribution in [-0.4, -0.2) is 43.5 Å². The first-order chi connectivity index (χ1) is 6.97. The van der Waals surface area contributed by atoms with Gasteiger partial charge in [0.25, 0.3) is 0 Å². The second-order valence-electron chi connectivity index (χ2n) is 4.52. The maximum atomic E-state index is 5.63. The molecule has 0 heterocycles. The Bertz CT molecular complexity index is 151. The topological polar surface area (TPSA) is 41.3 Å². The van der Waals surface area contributed by atoms with Crippen LogP contribution in [0.15, 0.2) is 0 Å². The summed E-state index contributed by atoms with van der Waals surface area (Å²) in [5.41, 5.74) is 5.63. The third kappa shape index (κ3) is 8.08. The average Bonchev–Trinajstić information content (AvgIpc) is 2.17. The molecule has 0 aliphatic heterocycles. The fourth-order valence-electron chi connectivity index (χ4n) is 1.51. The van der Waals surface area contributed by atoms with Crippen molar-refractivity contribution in [3.63, 3.8) is 0 Å². The molecule has 0 aliphatic carbocycles. The van der Waals surface area contributed by atoms with Crippen molar-refractivity contribution in [1.82, 2.24) is 10.2 Å². The van der Waals surface area contributed by atoms with Gasteiger partial charge >= 0.3 is 0 Å². The Morgan fingerprint density at radius 3 is 2.13 bits per heavy atom. The van der Waals surface area contributed by atoms with Gasteiger partial charge in [-0.25, -0.2) is 0 Å². The van der Waals surface area contributed by atoms with Crippen LogP contribution in [0.1, 0.15) is 32.6 Å². The van der Waals surface area contributed by atoms with Crippen LogP contribution in [0.25, 0.3) is 0 Å². The minimum Gasteiger partial charge on any atom is -0.320 e. The largest absolute Gasteiger partial charge is 0.320 e. The summed E-state index contributed by atoms with van der Waals surface area (Å²) in [5, 5.41) is 3.36. The molecule has 0 rings (SSSR count). The second-order valence-corrected chi connectivity index (χ2v) is 5.18. The van der Waals surface area contributed by atoms with Gasteiger partial charge in [0, 0.05) is 17.5 Å². The summed E-state index contributed by atoms with van der Waals surface area (Å²) >= 11 is 4.19. The fourth-order valence-corrected chi connectivity index (χ4v) is 1.65. The standard InChI is InChI=1S/C11H27N3S/c1-9(14(3)4)5-6-10(13-2)7-8-11(12)15/h9-11,13,15H,5-8,12H2,1-4H3. The molecule has 0 fully saturated rings. The van der Waals surface area contributed by atoms with Crippen molar-refractivity contribution in [1.29, 1.82) is 0 Å². The van der Waals surface area contributed by atoms with Gasteiger partial charge in [-0.3, -0.25) is 0 Å². The van der Waals surface area contributed by atoms with Crippen molar-refractivity contribution in [2.24, 2.45) is 5.73 Å². The van der Waals surface area contributed by atoms with Gasteiger partial charge < -0.3 is 16.0 Å². The van der Waals surface area contributed by atoms with E-state index in [2.05, 4.69) is 43.9 Å². The van der Waals surface area contributed by atoms with Crippen molar-refractivity contribution in [3.8, 4) is 0 Å². The maximum absolute atomic E-state index is 5.63. The molecule has 0 radical (unpaired) electrons. The lowest BCUT2D eigenvalue weighted by atomic mass is 10.0. The van der Waals surface area contributed by atoms with E-state index in [9.17, 15) is 0 Å². The molecule has 4 heteroatoms. The second kappa shape index (κ2) is 8.39. The van der Waals surface area contributed by atoms with Gasteiger partial charge in [-0.05, 0) is 53.8 Å². The summed E-state index contributed by atoms with van der Waals surface area (Å²) in [6, 6.07) is 1.22. The van der Waals surface area contributed by atoms with Crippen molar-refractivity contribution in [2.75, 3.05) is 21.1 Å². The average molecular weight is 233 g/mol. The van der Waals surface area contributed by atoms with Crippen LogP contribution in [0.4, 0.5) is 0 Å². The maximum Gasteiger partial charge on any atom is 0.0477 e. The molecule has 0 aromatic heterocycles. The quantitative estimate of drug-likeness (QED) is 0.437. The Morgan fingerprint density at radius 1 is 1.20 bits per heavy atom.